The molecular weight excluding hydrogens is 507 g/mol. The fraction of sp³-hybridized carbons (Fsp3) is 0.500. The van der Waals surface area contributed by atoms with Crippen LogP contribution >= 0.6 is 11.6 Å². The Balaban J connectivity index is 1.30. The first kappa shape index (κ1) is 24.1. The van der Waals surface area contributed by atoms with E-state index >= 15 is 0 Å². The third-order valence-corrected chi connectivity index (χ3v) is 7.55. The maximum absolute atomic E-state index is 13.9. The highest BCUT2D eigenvalue weighted by atomic mass is 35.5. The average Bonchev–Trinajstić information content (AvgIpc) is 3.59. The van der Waals surface area contributed by atoms with Gasteiger partial charge in [0.25, 0.3) is 6.43 Å². The molecule has 1 aliphatic carbocycles. The van der Waals surface area contributed by atoms with Crippen molar-refractivity contribution in [2.75, 3.05) is 41.7 Å². The van der Waals surface area contributed by atoms with Crippen molar-refractivity contribution in [3.05, 3.63) is 34.6 Å². The molecule has 13 heteroatoms. The first-order chi connectivity index (χ1) is 17.9. The molecule has 0 amide bonds. The highest BCUT2D eigenvalue weighted by Crippen LogP contribution is 2.40. The maximum atomic E-state index is 13.9. The third kappa shape index (κ3) is 4.73. The van der Waals surface area contributed by atoms with Gasteiger partial charge in [0.2, 0.25) is 5.95 Å². The molecule has 0 unspecified atom stereocenters. The van der Waals surface area contributed by atoms with E-state index in [2.05, 4.69) is 30.6 Å². The van der Waals surface area contributed by atoms with Crippen molar-refractivity contribution in [3.8, 4) is 6.07 Å². The summed E-state index contributed by atoms with van der Waals surface area (Å²) in [5.41, 5.74) is 1.20. The molecule has 3 aromatic rings. The monoisotopic (exact) mass is 531 g/mol. The number of alkyl halides is 3. The molecule has 6 rings (SSSR count). The molecule has 1 saturated carbocycles. The Morgan fingerprint density at radius 1 is 1.14 bits per heavy atom. The number of hydrogen-bond acceptors (Lipinski definition) is 8. The van der Waals surface area contributed by atoms with Gasteiger partial charge in [-0.05, 0) is 37.8 Å². The first-order valence-electron chi connectivity index (χ1n) is 12.3. The Hall–Kier alpha value is -3.30. The number of nitrogens with one attached hydrogen (secondary N) is 2. The van der Waals surface area contributed by atoms with Crippen LogP contribution in [0.3, 0.4) is 0 Å². The second-order valence-electron chi connectivity index (χ2n) is 9.79. The predicted octanol–water partition coefficient (Wildman–Crippen LogP) is 4.53. The fourth-order valence-corrected chi connectivity index (χ4v) is 5.23. The Morgan fingerprint density at radius 3 is 2.54 bits per heavy atom. The molecule has 0 radical (unpaired) electrons. The van der Waals surface area contributed by atoms with Gasteiger partial charge in [0.1, 0.15) is 12.2 Å². The number of hydrogen-bond donors (Lipinski definition) is 2. The number of fused-ring (bicyclic) bond motifs is 1. The van der Waals surface area contributed by atoms with Crippen LogP contribution in [-0.4, -0.2) is 68.9 Å². The standard InChI is InChI=1S/C24H25ClF3N9/c25-20-18(32-24-33-22(31-15-1-2-15)23-30-10-17(9-29)37(23)34-24)7-13(21(27)28)8-19(20)35-5-3-16(4-6-35)36-11-14(26)12-36/h7-8,10,14-16,21H,1-6,11-12H2,(H2,31,32,33,34). The summed E-state index contributed by atoms with van der Waals surface area (Å²) in [5, 5.41) is 20.4. The Morgan fingerprint density at radius 2 is 1.89 bits per heavy atom. The van der Waals surface area contributed by atoms with Crippen LogP contribution in [-0.2, 0) is 0 Å². The van der Waals surface area contributed by atoms with Crippen molar-refractivity contribution >= 4 is 40.4 Å². The molecule has 37 heavy (non-hydrogen) atoms. The number of rotatable bonds is 7. The molecule has 2 aromatic heterocycles. The van der Waals surface area contributed by atoms with Gasteiger partial charge in [-0.25, -0.2) is 18.2 Å². The zero-order valence-corrected chi connectivity index (χ0v) is 20.6. The lowest BCUT2D eigenvalue weighted by Crippen LogP contribution is -2.56. The molecule has 3 fully saturated rings. The van der Waals surface area contributed by atoms with Crippen molar-refractivity contribution in [2.24, 2.45) is 0 Å². The number of nitriles is 1. The van der Waals surface area contributed by atoms with Crippen molar-refractivity contribution in [1.29, 1.82) is 5.26 Å². The number of nitrogens with zero attached hydrogens (tertiary/aromatic N) is 7. The van der Waals surface area contributed by atoms with E-state index in [9.17, 15) is 18.4 Å². The van der Waals surface area contributed by atoms with Gasteiger partial charge in [-0.15, -0.1) is 5.10 Å². The normalized spacial score (nSPS) is 19.3. The minimum Gasteiger partial charge on any atom is -0.370 e. The van der Waals surface area contributed by atoms with E-state index in [4.69, 9.17) is 11.6 Å². The fourth-order valence-electron chi connectivity index (χ4n) is 4.95. The number of piperidine rings is 1. The van der Waals surface area contributed by atoms with Crippen molar-refractivity contribution < 1.29 is 13.2 Å². The molecule has 9 nitrogen and oxygen atoms in total. The van der Waals surface area contributed by atoms with Gasteiger partial charge in [-0.2, -0.15) is 14.8 Å². The van der Waals surface area contributed by atoms with E-state index in [0.29, 0.717) is 49.4 Å². The van der Waals surface area contributed by atoms with Crippen LogP contribution in [0.2, 0.25) is 5.02 Å². The minimum atomic E-state index is -2.70. The number of imidazole rings is 1. The molecule has 2 N–H and O–H groups in total. The summed E-state index contributed by atoms with van der Waals surface area (Å²) in [4.78, 5) is 12.9. The molecule has 194 valence electrons. The third-order valence-electron chi connectivity index (χ3n) is 7.16. The average molecular weight is 532 g/mol. The van der Waals surface area contributed by atoms with E-state index < -0.39 is 12.6 Å². The van der Waals surface area contributed by atoms with Gasteiger partial charge in [0.15, 0.2) is 17.2 Å². The summed E-state index contributed by atoms with van der Waals surface area (Å²) in [6, 6.07) is 5.32. The summed E-state index contributed by atoms with van der Waals surface area (Å²) in [7, 11) is 0. The van der Waals surface area contributed by atoms with Crippen LogP contribution in [0, 0.1) is 11.3 Å². The molecule has 2 aliphatic heterocycles. The minimum absolute atomic E-state index is 0.0988. The van der Waals surface area contributed by atoms with E-state index in [1.54, 1.807) is 0 Å². The van der Waals surface area contributed by atoms with Crippen LogP contribution in [0.15, 0.2) is 18.3 Å². The molecular formula is C24H25ClF3N9. The van der Waals surface area contributed by atoms with Crippen LogP contribution in [0.4, 0.5) is 36.3 Å². The lowest BCUT2D eigenvalue weighted by molar-refractivity contribution is 0.0188. The number of halogens is 4. The second-order valence-corrected chi connectivity index (χ2v) is 10.2. The second kappa shape index (κ2) is 9.54. The number of likely N-dealkylation sites (tertiary alicyclic amines) is 1. The summed E-state index contributed by atoms with van der Waals surface area (Å²) in [6.45, 7) is 2.18. The topological polar surface area (TPSA) is 97.4 Å². The summed E-state index contributed by atoms with van der Waals surface area (Å²) in [5.74, 6) is 0.549. The Bertz CT molecular complexity index is 1360. The van der Waals surface area contributed by atoms with Gasteiger partial charge in [-0.3, -0.25) is 4.90 Å². The molecule has 1 aromatic carbocycles. The maximum Gasteiger partial charge on any atom is 0.264 e. The van der Waals surface area contributed by atoms with Crippen LogP contribution in [0.1, 0.15) is 43.4 Å². The van der Waals surface area contributed by atoms with Crippen molar-refractivity contribution in [3.63, 3.8) is 0 Å². The van der Waals surface area contributed by atoms with Gasteiger partial charge in [0, 0.05) is 43.8 Å². The number of benzene rings is 1. The number of anilines is 4. The highest BCUT2D eigenvalue weighted by molar-refractivity contribution is 6.36. The lowest BCUT2D eigenvalue weighted by atomic mass is 9.98. The first-order valence-corrected chi connectivity index (χ1v) is 12.7. The molecule has 0 spiro atoms. The smallest absolute Gasteiger partial charge is 0.264 e. The molecule has 4 heterocycles. The number of aromatic nitrogens is 4. The SMILES string of the molecule is N#Cc1cnc2c(NC3CC3)nc(Nc3cc(C(F)F)cc(N4CCC(N5CC(F)C5)CC4)c3Cl)nn12. The van der Waals surface area contributed by atoms with E-state index in [0.717, 1.165) is 25.7 Å². The van der Waals surface area contributed by atoms with E-state index in [-0.39, 0.29) is 34.0 Å². The van der Waals surface area contributed by atoms with Crippen molar-refractivity contribution in [1.82, 2.24) is 24.5 Å². The summed E-state index contributed by atoms with van der Waals surface area (Å²) in [6.07, 6.45) is 1.56. The molecule has 3 aliphatic rings. The van der Waals surface area contributed by atoms with E-state index in [1.165, 1.54) is 22.8 Å². The van der Waals surface area contributed by atoms with Gasteiger partial charge < -0.3 is 15.5 Å². The largest absolute Gasteiger partial charge is 0.370 e. The zero-order valence-electron chi connectivity index (χ0n) is 19.8. The van der Waals surface area contributed by atoms with Gasteiger partial charge in [0.05, 0.1) is 22.6 Å². The van der Waals surface area contributed by atoms with Crippen LogP contribution in [0.25, 0.3) is 5.65 Å². The predicted molar refractivity (Wildman–Crippen MR) is 134 cm³/mol. The summed E-state index contributed by atoms with van der Waals surface area (Å²) < 4.78 is 42.4. The van der Waals surface area contributed by atoms with Crippen LogP contribution in [0.5, 0.6) is 0 Å². The quantitative estimate of drug-likeness (QED) is 0.459. The Kier molecular flexibility index (Phi) is 6.20. The van der Waals surface area contributed by atoms with Gasteiger partial charge in [-0.1, -0.05) is 11.6 Å². The zero-order chi connectivity index (χ0) is 25.7. The van der Waals surface area contributed by atoms with Crippen LogP contribution < -0.4 is 15.5 Å². The summed E-state index contributed by atoms with van der Waals surface area (Å²) >= 11 is 6.76. The van der Waals surface area contributed by atoms with E-state index in [1.807, 2.05) is 11.0 Å². The van der Waals surface area contributed by atoms with Gasteiger partial charge >= 0.3 is 0 Å². The molecule has 2 saturated heterocycles. The Labute approximate surface area is 216 Å². The molecule has 0 bridgehead atoms. The lowest BCUT2D eigenvalue weighted by Gasteiger charge is -2.45. The highest BCUT2D eigenvalue weighted by Gasteiger charge is 2.34. The van der Waals surface area contributed by atoms with Crippen molar-refractivity contribution in [2.45, 2.75) is 50.4 Å². The molecule has 0 atom stereocenters.